The number of hydrogen-bond acceptors (Lipinski definition) is 4. The van der Waals surface area contributed by atoms with Crippen LogP contribution in [0, 0.1) is 0 Å². The zero-order valence-electron chi connectivity index (χ0n) is 15.2. The third-order valence-electron chi connectivity index (χ3n) is 4.33. The van der Waals surface area contributed by atoms with E-state index in [1.807, 2.05) is 24.3 Å². The summed E-state index contributed by atoms with van der Waals surface area (Å²) < 4.78 is 7.46. The van der Waals surface area contributed by atoms with E-state index in [4.69, 9.17) is 22.2 Å². The number of methoxy groups -OCH3 is 1. The highest BCUT2D eigenvalue weighted by Gasteiger charge is 2.12. The molecule has 0 spiro atoms. The number of fused-ring (bicyclic) bond motifs is 1. The van der Waals surface area contributed by atoms with Gasteiger partial charge in [-0.15, -0.1) is 0 Å². The lowest BCUT2D eigenvalue weighted by atomic mass is 10.1. The van der Waals surface area contributed by atoms with Gasteiger partial charge in [-0.2, -0.15) is 0 Å². The molecule has 0 atom stereocenters. The molecule has 3 rings (SSSR count). The minimum absolute atomic E-state index is 0.318. The van der Waals surface area contributed by atoms with E-state index >= 15 is 0 Å². The predicted octanol–water partition coefficient (Wildman–Crippen LogP) is 3.41. The second-order valence-electron chi connectivity index (χ2n) is 6.54. The van der Waals surface area contributed by atoms with Crippen molar-refractivity contribution in [3.8, 4) is 5.75 Å². The highest BCUT2D eigenvalue weighted by atomic mass is 32.1. The number of nitrogens with zero attached hydrogens (tertiary/aromatic N) is 2. The second-order valence-corrected chi connectivity index (χ2v) is 6.95. The van der Waals surface area contributed by atoms with Crippen molar-refractivity contribution in [1.82, 2.24) is 14.9 Å². The third kappa shape index (κ3) is 3.88. The standard InChI is InChI=1S/C20H23N3O2S/c1-22(2)12-16-13-23(11-14-4-7-17(25-3)8-5-14)19-10-15(20(26)21-24)6-9-18(16)19/h4-10,13,24H,11-12H2,1-3H3,(H,21,26). The molecule has 0 saturated heterocycles. The molecule has 2 N–H and O–H groups in total. The van der Waals surface area contributed by atoms with E-state index in [1.165, 1.54) is 16.5 Å². The number of aromatic nitrogens is 1. The van der Waals surface area contributed by atoms with Crippen LogP contribution >= 0.6 is 12.2 Å². The first-order valence-electron chi connectivity index (χ1n) is 8.35. The van der Waals surface area contributed by atoms with Gasteiger partial charge in [-0.1, -0.05) is 36.5 Å². The van der Waals surface area contributed by atoms with E-state index < -0.39 is 0 Å². The summed E-state index contributed by atoms with van der Waals surface area (Å²) in [7, 11) is 5.79. The van der Waals surface area contributed by atoms with Gasteiger partial charge >= 0.3 is 0 Å². The predicted molar refractivity (Wildman–Crippen MR) is 108 cm³/mol. The second kappa shape index (κ2) is 7.86. The van der Waals surface area contributed by atoms with Gasteiger partial charge in [-0.3, -0.25) is 10.7 Å². The maximum absolute atomic E-state index is 9.12. The van der Waals surface area contributed by atoms with Gasteiger partial charge < -0.3 is 14.2 Å². The molecule has 0 unspecified atom stereocenters. The van der Waals surface area contributed by atoms with E-state index in [0.29, 0.717) is 4.99 Å². The number of ether oxygens (including phenoxy) is 1. The van der Waals surface area contributed by atoms with Crippen molar-refractivity contribution in [2.45, 2.75) is 13.1 Å². The summed E-state index contributed by atoms with van der Waals surface area (Å²) in [4.78, 5) is 2.47. The molecule has 0 aliphatic heterocycles. The molecule has 1 aromatic heterocycles. The molecule has 6 heteroatoms. The van der Waals surface area contributed by atoms with Crippen molar-refractivity contribution < 1.29 is 9.94 Å². The number of hydrogen-bond donors (Lipinski definition) is 2. The summed E-state index contributed by atoms with van der Waals surface area (Å²) in [6.45, 7) is 1.60. The van der Waals surface area contributed by atoms with Crippen molar-refractivity contribution in [1.29, 1.82) is 0 Å². The molecule has 26 heavy (non-hydrogen) atoms. The molecule has 3 aromatic rings. The van der Waals surface area contributed by atoms with Crippen molar-refractivity contribution in [3.63, 3.8) is 0 Å². The summed E-state index contributed by atoms with van der Waals surface area (Å²) in [6.07, 6.45) is 2.19. The molecule has 0 bridgehead atoms. The zero-order valence-corrected chi connectivity index (χ0v) is 16.0. The van der Waals surface area contributed by atoms with Crippen LogP contribution in [0.2, 0.25) is 0 Å². The summed E-state index contributed by atoms with van der Waals surface area (Å²) in [6, 6.07) is 14.1. The van der Waals surface area contributed by atoms with Gasteiger partial charge in [0.15, 0.2) is 0 Å². The van der Waals surface area contributed by atoms with Crippen LogP contribution in [0.1, 0.15) is 16.7 Å². The normalized spacial score (nSPS) is 11.1. The van der Waals surface area contributed by atoms with Crippen LogP contribution in [0.4, 0.5) is 0 Å². The Morgan fingerprint density at radius 3 is 2.54 bits per heavy atom. The molecule has 136 valence electrons. The van der Waals surface area contributed by atoms with E-state index in [0.717, 1.165) is 29.9 Å². The zero-order chi connectivity index (χ0) is 18.7. The Balaban J connectivity index is 2.04. The fourth-order valence-electron chi connectivity index (χ4n) is 3.10. The average Bonchev–Trinajstić information content (AvgIpc) is 2.97. The molecule has 0 amide bonds. The molecular formula is C20H23N3O2S. The Morgan fingerprint density at radius 2 is 1.92 bits per heavy atom. The lowest BCUT2D eigenvalue weighted by molar-refractivity contribution is 0.238. The minimum atomic E-state index is 0.318. The van der Waals surface area contributed by atoms with Crippen LogP contribution in [0.15, 0.2) is 48.7 Å². The number of benzene rings is 2. The molecule has 0 saturated carbocycles. The maximum Gasteiger partial charge on any atom is 0.130 e. The van der Waals surface area contributed by atoms with Gasteiger partial charge in [0.1, 0.15) is 10.7 Å². The number of nitrogens with one attached hydrogen (secondary N) is 1. The maximum atomic E-state index is 9.12. The van der Waals surface area contributed by atoms with Crippen LogP contribution in [0.3, 0.4) is 0 Å². The monoisotopic (exact) mass is 369 g/mol. The van der Waals surface area contributed by atoms with Gasteiger partial charge in [-0.05, 0) is 43.4 Å². The highest BCUT2D eigenvalue weighted by Crippen LogP contribution is 2.25. The molecule has 0 aliphatic rings. The summed E-state index contributed by atoms with van der Waals surface area (Å²) in [5.74, 6) is 0.848. The van der Waals surface area contributed by atoms with Gasteiger partial charge in [0, 0.05) is 35.8 Å². The van der Waals surface area contributed by atoms with Gasteiger partial charge in [0.25, 0.3) is 0 Å². The molecule has 5 nitrogen and oxygen atoms in total. The Morgan fingerprint density at radius 1 is 1.19 bits per heavy atom. The molecule has 1 heterocycles. The lowest BCUT2D eigenvalue weighted by Gasteiger charge is -2.08. The fourth-order valence-corrected chi connectivity index (χ4v) is 3.23. The summed E-state index contributed by atoms with van der Waals surface area (Å²) >= 11 is 5.17. The SMILES string of the molecule is COc1ccc(Cn2cc(CN(C)C)c3ccc(C(=S)NO)cc32)cc1. The quantitative estimate of drug-likeness (QED) is 0.515. The van der Waals surface area contributed by atoms with Crippen molar-refractivity contribution in [2.24, 2.45) is 0 Å². The highest BCUT2D eigenvalue weighted by molar-refractivity contribution is 7.80. The van der Waals surface area contributed by atoms with E-state index in [9.17, 15) is 0 Å². The van der Waals surface area contributed by atoms with E-state index in [1.54, 1.807) is 7.11 Å². The topological polar surface area (TPSA) is 49.7 Å². The van der Waals surface area contributed by atoms with E-state index in [-0.39, 0.29) is 0 Å². The fraction of sp³-hybridized carbons (Fsp3) is 0.250. The van der Waals surface area contributed by atoms with Crippen LogP contribution in [0.25, 0.3) is 10.9 Å². The molecule has 0 fully saturated rings. The Kier molecular flexibility index (Phi) is 5.56. The van der Waals surface area contributed by atoms with Gasteiger partial charge in [-0.25, -0.2) is 0 Å². The van der Waals surface area contributed by atoms with Crippen LogP contribution < -0.4 is 10.2 Å². The summed E-state index contributed by atoms with van der Waals surface area (Å²) in [5, 5.41) is 10.3. The van der Waals surface area contributed by atoms with Crippen LogP contribution in [-0.4, -0.2) is 40.9 Å². The van der Waals surface area contributed by atoms with E-state index in [2.05, 4.69) is 53.4 Å². The first-order chi connectivity index (χ1) is 12.5. The molecule has 0 aliphatic carbocycles. The molecular weight excluding hydrogens is 346 g/mol. The Hall–Kier alpha value is -2.41. The smallest absolute Gasteiger partial charge is 0.130 e. The Labute approximate surface area is 158 Å². The lowest BCUT2D eigenvalue weighted by Crippen LogP contribution is -2.17. The Bertz CT molecular complexity index is 917. The molecule has 2 aromatic carbocycles. The third-order valence-corrected chi connectivity index (χ3v) is 4.65. The van der Waals surface area contributed by atoms with Crippen molar-refractivity contribution in [2.75, 3.05) is 21.2 Å². The van der Waals surface area contributed by atoms with Crippen LogP contribution in [-0.2, 0) is 13.1 Å². The first-order valence-corrected chi connectivity index (χ1v) is 8.76. The van der Waals surface area contributed by atoms with Crippen LogP contribution in [0.5, 0.6) is 5.75 Å². The van der Waals surface area contributed by atoms with Gasteiger partial charge in [0.2, 0.25) is 0 Å². The largest absolute Gasteiger partial charge is 0.497 e. The van der Waals surface area contributed by atoms with Gasteiger partial charge in [0.05, 0.1) is 7.11 Å². The average molecular weight is 369 g/mol. The van der Waals surface area contributed by atoms with Crippen molar-refractivity contribution >= 4 is 28.1 Å². The van der Waals surface area contributed by atoms with Crippen molar-refractivity contribution in [3.05, 3.63) is 65.4 Å². The number of hydroxylamine groups is 1. The number of thiocarbonyl (C=S) groups is 1. The number of rotatable bonds is 6. The minimum Gasteiger partial charge on any atom is -0.497 e. The first kappa shape index (κ1) is 18.4. The summed E-state index contributed by atoms with van der Waals surface area (Å²) in [5.41, 5.74) is 6.39. The molecule has 0 radical (unpaired) electrons.